The molecule has 0 radical (unpaired) electrons. The number of nitrogens with zero attached hydrogens (tertiary/aromatic N) is 5. The Kier molecular flexibility index (Phi) is 4.77. The van der Waals surface area contributed by atoms with Crippen LogP contribution in [-0.4, -0.2) is 81.3 Å². The van der Waals surface area contributed by atoms with E-state index in [2.05, 4.69) is 9.97 Å². The summed E-state index contributed by atoms with van der Waals surface area (Å²) in [4.78, 5) is 47.8. The fourth-order valence-corrected chi connectivity index (χ4v) is 2.84. The molecule has 2 fully saturated rings. The predicted molar refractivity (Wildman–Crippen MR) is 82.0 cm³/mol. The maximum absolute atomic E-state index is 12.8. The molecule has 1 unspecified atom stereocenters. The van der Waals surface area contributed by atoms with Gasteiger partial charge in [-0.15, -0.1) is 0 Å². The predicted octanol–water partition coefficient (Wildman–Crippen LogP) is -0.120. The first-order valence-electron chi connectivity index (χ1n) is 8.03. The summed E-state index contributed by atoms with van der Waals surface area (Å²) < 4.78 is 18.3. The van der Waals surface area contributed by atoms with E-state index in [0.29, 0.717) is 26.1 Å². The summed E-state index contributed by atoms with van der Waals surface area (Å²) >= 11 is 0. The van der Waals surface area contributed by atoms with E-state index >= 15 is 0 Å². The zero-order valence-electron chi connectivity index (χ0n) is 13.7. The van der Waals surface area contributed by atoms with E-state index in [-0.39, 0.29) is 25.2 Å². The van der Waals surface area contributed by atoms with Gasteiger partial charge in [-0.3, -0.25) is 14.5 Å². The molecule has 2 aliphatic rings. The largest absolute Gasteiger partial charge is 0.458 e. The second kappa shape index (κ2) is 6.99. The molecule has 1 atom stereocenters. The third-order valence-corrected chi connectivity index (χ3v) is 4.21. The number of rotatable bonds is 3. The van der Waals surface area contributed by atoms with Gasteiger partial charge < -0.3 is 14.5 Å². The zero-order valence-corrected chi connectivity index (χ0v) is 13.7. The van der Waals surface area contributed by atoms with Crippen molar-refractivity contribution in [3.63, 3.8) is 0 Å². The van der Waals surface area contributed by atoms with Gasteiger partial charge >= 0.3 is 23.9 Å². The molecule has 0 N–H and O–H groups in total. The van der Waals surface area contributed by atoms with Gasteiger partial charge in [0.2, 0.25) is 0 Å². The van der Waals surface area contributed by atoms with Gasteiger partial charge in [-0.2, -0.15) is 0 Å². The monoisotopic (exact) mass is 351 g/mol. The van der Waals surface area contributed by atoms with Gasteiger partial charge in [-0.25, -0.2) is 19.2 Å². The van der Waals surface area contributed by atoms with Crippen molar-refractivity contribution in [1.29, 1.82) is 0 Å². The summed E-state index contributed by atoms with van der Waals surface area (Å²) in [5.74, 6) is -2.02. The maximum Gasteiger partial charge on any atom is 0.327 e. The first-order valence-corrected chi connectivity index (χ1v) is 8.03. The van der Waals surface area contributed by atoms with Crippen LogP contribution in [-0.2, 0) is 9.59 Å². The van der Waals surface area contributed by atoms with Crippen LogP contribution in [0.1, 0.15) is 13.3 Å². The van der Waals surface area contributed by atoms with Crippen LogP contribution in [0.4, 0.5) is 9.18 Å². The van der Waals surface area contributed by atoms with Gasteiger partial charge in [0.15, 0.2) is 5.82 Å². The Morgan fingerprint density at radius 1 is 1.24 bits per heavy atom. The minimum atomic E-state index is -0.802. The third kappa shape index (κ3) is 3.52. The first-order chi connectivity index (χ1) is 12.0. The minimum Gasteiger partial charge on any atom is -0.458 e. The Hall–Kier alpha value is -2.78. The Bertz CT molecular complexity index is 683. The average molecular weight is 351 g/mol. The summed E-state index contributed by atoms with van der Waals surface area (Å²) in [7, 11) is 0. The van der Waals surface area contributed by atoms with Gasteiger partial charge in [0.25, 0.3) is 0 Å². The number of hydrogen-bond acceptors (Lipinski definition) is 6. The molecule has 134 valence electrons. The quantitative estimate of drug-likeness (QED) is 0.705. The van der Waals surface area contributed by atoms with Gasteiger partial charge in [-0.05, 0) is 6.92 Å². The molecule has 2 aliphatic heterocycles. The summed E-state index contributed by atoms with van der Waals surface area (Å²) in [6.45, 7) is 3.37. The zero-order chi connectivity index (χ0) is 18.0. The van der Waals surface area contributed by atoms with Crippen molar-refractivity contribution < 1.29 is 23.5 Å². The van der Waals surface area contributed by atoms with E-state index < -0.39 is 23.7 Å². The van der Waals surface area contributed by atoms with Gasteiger partial charge in [0, 0.05) is 32.6 Å². The Labute approximate surface area is 143 Å². The molecular weight excluding hydrogens is 333 g/mol. The molecule has 4 amide bonds. The minimum absolute atomic E-state index is 0.0310. The van der Waals surface area contributed by atoms with Crippen LogP contribution in [0.25, 0.3) is 0 Å². The van der Waals surface area contributed by atoms with Crippen LogP contribution >= 0.6 is 0 Å². The van der Waals surface area contributed by atoms with Gasteiger partial charge in [0.1, 0.15) is 6.10 Å². The summed E-state index contributed by atoms with van der Waals surface area (Å²) in [6, 6.07) is -0.469. The standard InChI is InChI=1S/C15H18FN5O4/c1-2-19-5-6-21(13(23)12(19)22)15(24)20-4-3-11(9-20)25-14-17-7-10(16)8-18-14/h7-8,11H,2-6,9H2,1H3. The van der Waals surface area contributed by atoms with Gasteiger partial charge in [-0.1, -0.05) is 0 Å². The van der Waals surface area contributed by atoms with Crippen LogP contribution in [0, 0.1) is 5.82 Å². The number of likely N-dealkylation sites (tertiary alicyclic amines) is 1. The molecule has 1 aromatic rings. The van der Waals surface area contributed by atoms with E-state index in [0.717, 1.165) is 17.3 Å². The molecule has 0 aromatic carbocycles. The molecule has 0 aliphatic carbocycles. The summed E-state index contributed by atoms with van der Waals surface area (Å²) in [5.41, 5.74) is 0. The highest BCUT2D eigenvalue weighted by molar-refractivity contribution is 6.38. The maximum atomic E-state index is 12.8. The molecule has 3 rings (SSSR count). The SMILES string of the molecule is CCN1CCN(C(=O)N2CCC(Oc3ncc(F)cn3)C2)C(=O)C1=O. The van der Waals surface area contributed by atoms with E-state index in [4.69, 9.17) is 4.74 Å². The smallest absolute Gasteiger partial charge is 0.327 e. The fraction of sp³-hybridized carbons (Fsp3) is 0.533. The van der Waals surface area contributed by atoms with Crippen molar-refractivity contribution in [2.24, 2.45) is 0 Å². The molecule has 0 saturated carbocycles. The Morgan fingerprint density at radius 3 is 2.64 bits per heavy atom. The molecule has 0 spiro atoms. The number of carbonyl (C=O) groups is 3. The lowest BCUT2D eigenvalue weighted by atomic mass is 10.3. The second-order valence-electron chi connectivity index (χ2n) is 5.78. The first kappa shape index (κ1) is 17.1. The number of piperazine rings is 1. The van der Waals surface area contributed by atoms with Crippen molar-refractivity contribution in [3.8, 4) is 6.01 Å². The summed E-state index contributed by atoms with van der Waals surface area (Å²) in [5, 5.41) is 0. The van der Waals surface area contributed by atoms with Crippen LogP contribution < -0.4 is 4.74 Å². The van der Waals surface area contributed by atoms with Crippen molar-refractivity contribution in [1.82, 2.24) is 24.7 Å². The highest BCUT2D eigenvalue weighted by Gasteiger charge is 2.39. The number of likely N-dealkylation sites (N-methyl/N-ethyl adjacent to an activating group) is 1. The molecule has 0 bridgehead atoms. The van der Waals surface area contributed by atoms with E-state index in [1.165, 1.54) is 9.80 Å². The third-order valence-electron chi connectivity index (χ3n) is 4.21. The molecule has 10 heteroatoms. The van der Waals surface area contributed by atoms with Crippen LogP contribution in [0.15, 0.2) is 12.4 Å². The molecular formula is C15H18FN5O4. The highest BCUT2D eigenvalue weighted by Crippen LogP contribution is 2.18. The lowest BCUT2D eigenvalue weighted by molar-refractivity contribution is -0.153. The Balaban J connectivity index is 1.58. The normalized spacial score (nSPS) is 21.0. The van der Waals surface area contributed by atoms with Crippen molar-refractivity contribution >= 4 is 17.8 Å². The number of urea groups is 1. The van der Waals surface area contributed by atoms with Crippen LogP contribution in [0.2, 0.25) is 0 Å². The van der Waals surface area contributed by atoms with E-state index in [9.17, 15) is 18.8 Å². The van der Waals surface area contributed by atoms with E-state index in [1.807, 2.05) is 0 Å². The van der Waals surface area contributed by atoms with Crippen molar-refractivity contribution in [2.45, 2.75) is 19.4 Å². The number of carbonyl (C=O) groups excluding carboxylic acids is 3. The molecule has 9 nitrogen and oxygen atoms in total. The second-order valence-corrected chi connectivity index (χ2v) is 5.78. The van der Waals surface area contributed by atoms with Crippen molar-refractivity contribution in [2.75, 3.05) is 32.7 Å². The number of hydrogen-bond donors (Lipinski definition) is 0. The number of imide groups is 1. The molecule has 2 saturated heterocycles. The number of aromatic nitrogens is 2. The molecule has 1 aromatic heterocycles. The van der Waals surface area contributed by atoms with Crippen LogP contribution in [0.3, 0.4) is 0 Å². The van der Waals surface area contributed by atoms with Crippen LogP contribution in [0.5, 0.6) is 6.01 Å². The number of halogens is 1. The van der Waals surface area contributed by atoms with Crippen molar-refractivity contribution in [3.05, 3.63) is 18.2 Å². The highest BCUT2D eigenvalue weighted by atomic mass is 19.1. The van der Waals surface area contributed by atoms with Gasteiger partial charge in [0.05, 0.1) is 18.9 Å². The topological polar surface area (TPSA) is 95.9 Å². The van der Waals surface area contributed by atoms with E-state index in [1.54, 1.807) is 6.92 Å². The fourth-order valence-electron chi connectivity index (χ4n) is 2.84. The summed E-state index contributed by atoms with van der Waals surface area (Å²) in [6.07, 6.45) is 2.18. The number of ether oxygens (including phenoxy) is 1. The Morgan fingerprint density at radius 2 is 1.96 bits per heavy atom. The lowest BCUT2D eigenvalue weighted by Crippen LogP contribution is -2.58. The average Bonchev–Trinajstić information content (AvgIpc) is 3.07. The lowest BCUT2D eigenvalue weighted by Gasteiger charge is -2.33. The number of amides is 4. The molecule has 3 heterocycles. The molecule has 25 heavy (non-hydrogen) atoms.